The molecule has 0 aliphatic carbocycles. The maximum absolute atomic E-state index is 10.8. The lowest BCUT2D eigenvalue weighted by Gasteiger charge is -2.11. The van der Waals surface area contributed by atoms with Gasteiger partial charge in [0.25, 0.3) is 5.69 Å². The van der Waals surface area contributed by atoms with E-state index in [0.29, 0.717) is 16.3 Å². The first kappa shape index (κ1) is 14.6. The Bertz CT molecular complexity index is 662. The highest BCUT2D eigenvalue weighted by Crippen LogP contribution is 2.34. The van der Waals surface area contributed by atoms with Gasteiger partial charge in [-0.3, -0.25) is 10.1 Å². The molecule has 0 saturated heterocycles. The van der Waals surface area contributed by atoms with Crippen molar-refractivity contribution in [3.63, 3.8) is 0 Å². The van der Waals surface area contributed by atoms with Crippen LogP contribution in [0.1, 0.15) is 5.56 Å². The maximum Gasteiger partial charge on any atom is 0.273 e. The standard InChI is InChI=1S/C13H10Cl2N2O3/c14-9-1-4-12(8(5-9)7-16)20-13-6-10(17(18)19)2-3-11(13)15/h1-6H,7,16H2. The summed E-state index contributed by atoms with van der Waals surface area (Å²) >= 11 is 11.8. The number of benzene rings is 2. The third-order valence-corrected chi connectivity index (χ3v) is 3.14. The fraction of sp³-hybridized carbons (Fsp3) is 0.0769. The number of nitrogens with zero attached hydrogens (tertiary/aromatic N) is 1. The summed E-state index contributed by atoms with van der Waals surface area (Å²) in [7, 11) is 0. The maximum atomic E-state index is 10.8. The molecule has 2 aromatic carbocycles. The van der Waals surface area contributed by atoms with Crippen molar-refractivity contribution in [3.05, 3.63) is 62.1 Å². The van der Waals surface area contributed by atoms with Crippen molar-refractivity contribution in [1.29, 1.82) is 0 Å². The molecule has 2 N–H and O–H groups in total. The van der Waals surface area contributed by atoms with Gasteiger partial charge in [-0.2, -0.15) is 0 Å². The van der Waals surface area contributed by atoms with E-state index in [-0.39, 0.29) is 23.0 Å². The van der Waals surface area contributed by atoms with Crippen molar-refractivity contribution in [2.24, 2.45) is 5.73 Å². The highest BCUT2D eigenvalue weighted by molar-refractivity contribution is 6.32. The summed E-state index contributed by atoms with van der Waals surface area (Å²) in [5, 5.41) is 11.6. The molecule has 0 atom stereocenters. The zero-order chi connectivity index (χ0) is 14.7. The van der Waals surface area contributed by atoms with Crippen molar-refractivity contribution in [1.82, 2.24) is 0 Å². The number of nitro groups is 1. The Morgan fingerprint density at radius 2 is 1.90 bits per heavy atom. The van der Waals surface area contributed by atoms with Gasteiger partial charge < -0.3 is 10.5 Å². The molecule has 2 rings (SSSR count). The molecule has 7 heteroatoms. The molecule has 0 unspecified atom stereocenters. The smallest absolute Gasteiger partial charge is 0.273 e. The van der Waals surface area contributed by atoms with Gasteiger partial charge in [-0.05, 0) is 24.3 Å². The van der Waals surface area contributed by atoms with Crippen molar-refractivity contribution in [3.8, 4) is 11.5 Å². The van der Waals surface area contributed by atoms with Crippen molar-refractivity contribution < 1.29 is 9.66 Å². The highest BCUT2D eigenvalue weighted by Gasteiger charge is 2.13. The number of hydrogen-bond donors (Lipinski definition) is 1. The van der Waals surface area contributed by atoms with Crippen LogP contribution in [0.4, 0.5) is 5.69 Å². The lowest BCUT2D eigenvalue weighted by atomic mass is 10.2. The number of halogens is 2. The predicted molar refractivity (Wildman–Crippen MR) is 77.5 cm³/mol. The van der Waals surface area contributed by atoms with Crippen LogP contribution in [0.15, 0.2) is 36.4 Å². The second-order valence-corrected chi connectivity index (χ2v) is 4.77. The highest BCUT2D eigenvalue weighted by atomic mass is 35.5. The molecule has 5 nitrogen and oxygen atoms in total. The lowest BCUT2D eigenvalue weighted by Crippen LogP contribution is -2.00. The molecule has 20 heavy (non-hydrogen) atoms. The fourth-order valence-electron chi connectivity index (χ4n) is 1.61. The molecular weight excluding hydrogens is 303 g/mol. The number of hydrogen-bond acceptors (Lipinski definition) is 4. The van der Waals surface area contributed by atoms with Crippen LogP contribution in [-0.4, -0.2) is 4.92 Å². The molecule has 0 spiro atoms. The number of rotatable bonds is 4. The van der Waals surface area contributed by atoms with Gasteiger partial charge in [0.1, 0.15) is 5.75 Å². The molecule has 2 aromatic rings. The topological polar surface area (TPSA) is 78.4 Å². The van der Waals surface area contributed by atoms with E-state index in [1.165, 1.54) is 18.2 Å². The van der Waals surface area contributed by atoms with Crippen LogP contribution in [0.2, 0.25) is 10.0 Å². The van der Waals surface area contributed by atoms with Gasteiger partial charge in [-0.15, -0.1) is 0 Å². The average molecular weight is 313 g/mol. The number of nitrogens with two attached hydrogens (primary N) is 1. The Morgan fingerprint density at radius 3 is 2.55 bits per heavy atom. The van der Waals surface area contributed by atoms with E-state index in [2.05, 4.69) is 0 Å². The quantitative estimate of drug-likeness (QED) is 0.679. The zero-order valence-electron chi connectivity index (χ0n) is 10.2. The van der Waals surface area contributed by atoms with Crippen LogP contribution in [0.5, 0.6) is 11.5 Å². The minimum Gasteiger partial charge on any atom is -0.455 e. The number of ether oxygens (including phenoxy) is 1. The van der Waals surface area contributed by atoms with Crippen molar-refractivity contribution in [2.45, 2.75) is 6.54 Å². The lowest BCUT2D eigenvalue weighted by molar-refractivity contribution is -0.384. The van der Waals surface area contributed by atoms with Gasteiger partial charge in [0.2, 0.25) is 0 Å². The summed E-state index contributed by atoms with van der Waals surface area (Å²) in [6.45, 7) is 0.225. The summed E-state index contributed by atoms with van der Waals surface area (Å²) in [5.74, 6) is 0.650. The van der Waals surface area contributed by atoms with Gasteiger partial charge in [0, 0.05) is 23.2 Å². The first-order valence-corrected chi connectivity index (χ1v) is 6.37. The second kappa shape index (κ2) is 6.09. The third-order valence-electron chi connectivity index (χ3n) is 2.59. The zero-order valence-corrected chi connectivity index (χ0v) is 11.7. The summed E-state index contributed by atoms with van der Waals surface area (Å²) < 4.78 is 5.60. The molecule has 0 fully saturated rings. The van der Waals surface area contributed by atoms with E-state index in [1.807, 2.05) is 0 Å². The molecule has 104 valence electrons. The Hall–Kier alpha value is -1.82. The van der Waals surface area contributed by atoms with Gasteiger partial charge >= 0.3 is 0 Å². The van der Waals surface area contributed by atoms with Crippen LogP contribution in [0.25, 0.3) is 0 Å². The van der Waals surface area contributed by atoms with Crippen LogP contribution in [0.3, 0.4) is 0 Å². The van der Waals surface area contributed by atoms with E-state index in [9.17, 15) is 10.1 Å². The molecule has 0 aromatic heterocycles. The summed E-state index contributed by atoms with van der Waals surface area (Å²) in [5.41, 5.74) is 6.19. The average Bonchev–Trinajstić information content (AvgIpc) is 2.42. The first-order chi connectivity index (χ1) is 9.51. The summed E-state index contributed by atoms with van der Waals surface area (Å²) in [6.07, 6.45) is 0. The fourth-order valence-corrected chi connectivity index (χ4v) is 1.96. The van der Waals surface area contributed by atoms with Gasteiger partial charge in [-0.25, -0.2) is 0 Å². The van der Waals surface area contributed by atoms with Crippen LogP contribution >= 0.6 is 23.2 Å². The van der Waals surface area contributed by atoms with Gasteiger partial charge in [-0.1, -0.05) is 23.2 Å². The van der Waals surface area contributed by atoms with E-state index >= 15 is 0 Å². The van der Waals surface area contributed by atoms with Crippen molar-refractivity contribution in [2.75, 3.05) is 0 Å². The number of nitro benzene ring substituents is 1. The molecular formula is C13H10Cl2N2O3. The first-order valence-electron chi connectivity index (χ1n) is 5.61. The molecule has 0 bridgehead atoms. The Morgan fingerprint density at radius 1 is 1.15 bits per heavy atom. The van der Waals surface area contributed by atoms with E-state index in [0.717, 1.165) is 0 Å². The van der Waals surface area contributed by atoms with E-state index in [1.54, 1.807) is 18.2 Å². The SMILES string of the molecule is NCc1cc(Cl)ccc1Oc1cc([N+](=O)[O-])ccc1Cl. The summed E-state index contributed by atoms with van der Waals surface area (Å²) in [6, 6.07) is 8.92. The molecule has 0 saturated carbocycles. The Kier molecular flexibility index (Phi) is 4.44. The summed E-state index contributed by atoms with van der Waals surface area (Å²) in [4.78, 5) is 10.2. The van der Waals surface area contributed by atoms with Gasteiger partial charge in [0.05, 0.1) is 16.0 Å². The van der Waals surface area contributed by atoms with Crippen LogP contribution in [0, 0.1) is 10.1 Å². The monoisotopic (exact) mass is 312 g/mol. The molecule has 0 heterocycles. The second-order valence-electron chi connectivity index (χ2n) is 3.93. The predicted octanol–water partition coefficient (Wildman–Crippen LogP) is 4.15. The molecule has 0 amide bonds. The number of non-ortho nitro benzene ring substituents is 1. The Balaban J connectivity index is 2.39. The van der Waals surface area contributed by atoms with Crippen molar-refractivity contribution >= 4 is 28.9 Å². The Labute approximate surface area is 125 Å². The van der Waals surface area contributed by atoms with E-state index < -0.39 is 4.92 Å². The normalized spacial score (nSPS) is 10.3. The van der Waals surface area contributed by atoms with Crippen LogP contribution in [-0.2, 0) is 6.54 Å². The molecule has 0 aliphatic heterocycles. The van der Waals surface area contributed by atoms with Gasteiger partial charge in [0.15, 0.2) is 5.75 Å². The van der Waals surface area contributed by atoms with E-state index in [4.69, 9.17) is 33.7 Å². The minimum atomic E-state index is -0.519. The molecule has 0 aliphatic rings. The minimum absolute atomic E-state index is 0.104. The largest absolute Gasteiger partial charge is 0.455 e. The third kappa shape index (κ3) is 3.19. The van der Waals surface area contributed by atoms with Crippen LogP contribution < -0.4 is 10.5 Å². The molecule has 0 radical (unpaired) electrons.